The lowest BCUT2D eigenvalue weighted by Crippen LogP contribution is -2.19. The number of nitrogens with zero attached hydrogens (tertiary/aromatic N) is 1. The Hall–Kier alpha value is -3.23. The van der Waals surface area contributed by atoms with E-state index in [-0.39, 0.29) is 38.9 Å². The summed E-state index contributed by atoms with van der Waals surface area (Å²) >= 11 is 0. The van der Waals surface area contributed by atoms with Crippen LogP contribution in [0.4, 0.5) is 14.5 Å². The number of ether oxygens (including phenoxy) is 1. The first-order chi connectivity index (χ1) is 11.2. The molecule has 0 saturated heterocycles. The highest BCUT2D eigenvalue weighted by Crippen LogP contribution is 2.39. The Morgan fingerprint density at radius 1 is 1.33 bits per heavy atom. The van der Waals surface area contributed by atoms with Gasteiger partial charge in [0.2, 0.25) is 0 Å². The second-order valence-corrected chi connectivity index (χ2v) is 5.07. The standard InChI is InChI=1S/C15H9F2NO6/c1-15(16,17)24-11-5-3-8(14(19)20)12-9-6-7(18(21)22)2-4-10(9)23-13(11)12/h2-6H,1H3,(H,19,20). The fraction of sp³-hybridized carbons (Fsp3) is 0.133. The number of carbonyl (C=O) groups is 1. The largest absolute Gasteiger partial charge is 0.478 e. The number of hydrogen-bond acceptors (Lipinski definition) is 5. The van der Waals surface area contributed by atoms with E-state index in [1.807, 2.05) is 0 Å². The maximum absolute atomic E-state index is 13.2. The molecule has 3 rings (SSSR count). The number of halogens is 2. The lowest BCUT2D eigenvalue weighted by Gasteiger charge is -2.13. The van der Waals surface area contributed by atoms with Gasteiger partial charge in [0.25, 0.3) is 5.69 Å². The van der Waals surface area contributed by atoms with Crippen LogP contribution in [0.1, 0.15) is 17.3 Å². The van der Waals surface area contributed by atoms with Crippen LogP contribution >= 0.6 is 0 Å². The number of alkyl halides is 2. The van der Waals surface area contributed by atoms with Crippen molar-refractivity contribution in [2.45, 2.75) is 13.0 Å². The van der Waals surface area contributed by atoms with Crippen molar-refractivity contribution in [3.8, 4) is 5.75 Å². The van der Waals surface area contributed by atoms with E-state index in [1.165, 1.54) is 12.1 Å². The van der Waals surface area contributed by atoms with E-state index in [4.69, 9.17) is 4.42 Å². The van der Waals surface area contributed by atoms with Crippen LogP contribution < -0.4 is 4.74 Å². The monoisotopic (exact) mass is 337 g/mol. The molecule has 0 unspecified atom stereocenters. The van der Waals surface area contributed by atoms with E-state index >= 15 is 0 Å². The molecule has 24 heavy (non-hydrogen) atoms. The minimum Gasteiger partial charge on any atom is -0.478 e. The molecule has 1 aromatic heterocycles. The number of rotatable bonds is 4. The van der Waals surface area contributed by atoms with Gasteiger partial charge in [-0.15, -0.1) is 0 Å². The van der Waals surface area contributed by atoms with Crippen LogP contribution in [0.3, 0.4) is 0 Å². The molecular weight excluding hydrogens is 328 g/mol. The third-order valence-corrected chi connectivity index (χ3v) is 3.30. The van der Waals surface area contributed by atoms with Crippen molar-refractivity contribution >= 4 is 33.6 Å². The van der Waals surface area contributed by atoms with E-state index in [2.05, 4.69) is 4.74 Å². The first kappa shape index (κ1) is 15.7. The maximum atomic E-state index is 13.2. The molecular formula is C15H9F2NO6. The molecule has 0 spiro atoms. The topological polar surface area (TPSA) is 103 Å². The molecule has 0 amide bonds. The van der Waals surface area contributed by atoms with Crippen molar-refractivity contribution in [3.05, 3.63) is 46.0 Å². The first-order valence-electron chi connectivity index (χ1n) is 6.61. The minimum absolute atomic E-state index is 0.0389. The highest BCUT2D eigenvalue weighted by atomic mass is 19.3. The molecule has 124 valence electrons. The molecule has 0 aliphatic heterocycles. The third kappa shape index (κ3) is 2.60. The van der Waals surface area contributed by atoms with Crippen molar-refractivity contribution in [1.82, 2.24) is 0 Å². The number of nitro benzene ring substituents is 1. The lowest BCUT2D eigenvalue weighted by molar-refractivity contribution is -0.384. The molecule has 0 saturated carbocycles. The quantitative estimate of drug-likeness (QED) is 0.566. The summed E-state index contributed by atoms with van der Waals surface area (Å²) in [4.78, 5) is 21.7. The lowest BCUT2D eigenvalue weighted by atomic mass is 10.1. The van der Waals surface area contributed by atoms with Gasteiger partial charge in [0.15, 0.2) is 11.3 Å². The predicted molar refractivity (Wildman–Crippen MR) is 78.6 cm³/mol. The highest BCUT2D eigenvalue weighted by molar-refractivity contribution is 6.16. The zero-order valence-electron chi connectivity index (χ0n) is 12.1. The van der Waals surface area contributed by atoms with Crippen LogP contribution in [0.15, 0.2) is 34.7 Å². The fourth-order valence-corrected chi connectivity index (χ4v) is 2.41. The van der Waals surface area contributed by atoms with E-state index in [1.54, 1.807) is 0 Å². The summed E-state index contributed by atoms with van der Waals surface area (Å²) in [5, 5.41) is 20.3. The molecule has 0 fully saturated rings. The van der Waals surface area contributed by atoms with E-state index in [0.29, 0.717) is 6.92 Å². The summed E-state index contributed by atoms with van der Waals surface area (Å²) in [5.74, 6) is -1.69. The number of non-ortho nitro benzene ring substituents is 1. The zero-order valence-corrected chi connectivity index (χ0v) is 12.1. The molecule has 0 aliphatic rings. The Balaban J connectivity index is 2.40. The zero-order chi connectivity index (χ0) is 17.6. The summed E-state index contributed by atoms with van der Waals surface area (Å²) in [6.07, 6.45) is -3.51. The van der Waals surface area contributed by atoms with Crippen LogP contribution in [-0.2, 0) is 0 Å². The van der Waals surface area contributed by atoms with Gasteiger partial charge in [0.1, 0.15) is 5.58 Å². The Labute approximate surface area is 132 Å². The first-order valence-corrected chi connectivity index (χ1v) is 6.61. The second-order valence-electron chi connectivity index (χ2n) is 5.07. The number of carboxylic acid groups (broad SMARTS) is 1. The second kappa shape index (κ2) is 5.15. The average molecular weight is 337 g/mol. The summed E-state index contributed by atoms with van der Waals surface area (Å²) < 4.78 is 36.2. The SMILES string of the molecule is CC(F)(F)Oc1ccc(C(=O)O)c2c1oc1ccc([N+](=O)[O-])cc12. The van der Waals surface area contributed by atoms with Gasteiger partial charge in [-0.1, -0.05) is 0 Å². The number of carboxylic acids is 1. The van der Waals surface area contributed by atoms with Gasteiger partial charge in [-0.05, 0) is 18.2 Å². The number of fused-ring (bicyclic) bond motifs is 3. The third-order valence-electron chi connectivity index (χ3n) is 3.30. The Kier molecular flexibility index (Phi) is 3.36. The van der Waals surface area contributed by atoms with E-state index in [9.17, 15) is 28.8 Å². The molecule has 0 bridgehead atoms. The predicted octanol–water partition coefficient (Wildman–Crippen LogP) is 4.18. The summed E-state index contributed by atoms with van der Waals surface area (Å²) in [6, 6.07) is 5.70. The molecule has 9 heteroatoms. The maximum Gasteiger partial charge on any atom is 0.395 e. The summed E-state index contributed by atoms with van der Waals surface area (Å²) in [5.41, 5.74) is -0.620. The van der Waals surface area contributed by atoms with Gasteiger partial charge in [-0.25, -0.2) is 4.79 Å². The smallest absolute Gasteiger partial charge is 0.395 e. The molecule has 1 N–H and O–H groups in total. The highest BCUT2D eigenvalue weighted by Gasteiger charge is 2.28. The number of aromatic carboxylic acids is 1. The van der Waals surface area contributed by atoms with E-state index in [0.717, 1.165) is 18.2 Å². The van der Waals surface area contributed by atoms with Gasteiger partial charge in [-0.2, -0.15) is 8.78 Å². The van der Waals surface area contributed by atoms with Crippen molar-refractivity contribution in [3.63, 3.8) is 0 Å². The Morgan fingerprint density at radius 2 is 2.04 bits per heavy atom. The van der Waals surface area contributed by atoms with Gasteiger partial charge < -0.3 is 14.3 Å². The molecule has 0 radical (unpaired) electrons. The summed E-state index contributed by atoms with van der Waals surface area (Å²) in [6.45, 7) is 0.525. The number of hydrogen-bond donors (Lipinski definition) is 1. The van der Waals surface area contributed by atoms with Crippen molar-refractivity contribution in [1.29, 1.82) is 0 Å². The van der Waals surface area contributed by atoms with Crippen LogP contribution in [0.2, 0.25) is 0 Å². The molecule has 1 heterocycles. The van der Waals surface area contributed by atoms with Crippen molar-refractivity contribution in [2.24, 2.45) is 0 Å². The molecule has 7 nitrogen and oxygen atoms in total. The number of furan rings is 1. The normalized spacial score (nSPS) is 11.8. The van der Waals surface area contributed by atoms with Crippen LogP contribution in [-0.4, -0.2) is 22.1 Å². The van der Waals surface area contributed by atoms with Crippen molar-refractivity contribution in [2.75, 3.05) is 0 Å². The minimum atomic E-state index is -3.51. The van der Waals surface area contributed by atoms with Gasteiger partial charge in [0, 0.05) is 29.8 Å². The van der Waals surface area contributed by atoms with Crippen LogP contribution in [0, 0.1) is 10.1 Å². The van der Waals surface area contributed by atoms with E-state index < -0.39 is 17.0 Å². The molecule has 0 aliphatic carbocycles. The summed E-state index contributed by atoms with van der Waals surface area (Å²) in [7, 11) is 0. The number of nitro groups is 1. The van der Waals surface area contributed by atoms with Gasteiger partial charge in [0.05, 0.1) is 10.5 Å². The molecule has 0 atom stereocenters. The molecule has 3 aromatic rings. The Morgan fingerprint density at radius 3 is 2.62 bits per heavy atom. The Bertz CT molecular complexity index is 989. The average Bonchev–Trinajstić information content (AvgIpc) is 2.84. The van der Waals surface area contributed by atoms with Crippen LogP contribution in [0.5, 0.6) is 5.75 Å². The van der Waals surface area contributed by atoms with Gasteiger partial charge >= 0.3 is 12.1 Å². The molecule has 2 aromatic carbocycles. The fourth-order valence-electron chi connectivity index (χ4n) is 2.41. The number of benzene rings is 2. The van der Waals surface area contributed by atoms with Crippen LogP contribution in [0.25, 0.3) is 21.9 Å². The van der Waals surface area contributed by atoms with Gasteiger partial charge in [-0.3, -0.25) is 10.1 Å². The van der Waals surface area contributed by atoms with Crippen molar-refractivity contribution < 1.29 is 32.8 Å².